The lowest BCUT2D eigenvalue weighted by Crippen LogP contribution is -2.34. The maximum atomic E-state index is 13.8. The summed E-state index contributed by atoms with van der Waals surface area (Å²) in [5, 5.41) is 6.15. The molecule has 1 saturated heterocycles. The average Bonchev–Trinajstić information content (AvgIpc) is 3.33. The second-order valence-corrected chi connectivity index (χ2v) is 12.5. The maximum absolute atomic E-state index is 13.8. The van der Waals surface area contributed by atoms with Gasteiger partial charge in [0.05, 0.1) is 11.0 Å². The molecule has 2 N–H and O–H groups in total. The van der Waals surface area contributed by atoms with Crippen molar-refractivity contribution in [2.75, 3.05) is 45.1 Å². The first-order valence-electron chi connectivity index (χ1n) is 15.9. The Morgan fingerprint density at radius 3 is 2.14 bits per heavy atom. The number of rotatable bonds is 14. The van der Waals surface area contributed by atoms with E-state index in [0.29, 0.717) is 23.0 Å². The van der Waals surface area contributed by atoms with Crippen molar-refractivity contribution in [1.29, 1.82) is 0 Å². The fourth-order valence-corrected chi connectivity index (χ4v) is 5.52. The largest absolute Gasteiger partial charge is 0.355 e. The number of piperidine rings is 1. The number of imidazole rings is 1. The van der Waals surface area contributed by atoms with Gasteiger partial charge >= 0.3 is 0 Å². The number of likely N-dealkylation sites (tertiary alicyclic amines) is 1. The summed E-state index contributed by atoms with van der Waals surface area (Å²) >= 11 is 0. The van der Waals surface area contributed by atoms with Gasteiger partial charge < -0.3 is 25.0 Å². The van der Waals surface area contributed by atoms with E-state index in [4.69, 9.17) is 4.98 Å². The molecule has 2 aromatic carbocycles. The minimum Gasteiger partial charge on any atom is -0.355 e. The zero-order chi connectivity index (χ0) is 30.1. The third-order valence-electron chi connectivity index (χ3n) is 8.17. The summed E-state index contributed by atoms with van der Waals surface area (Å²) in [6, 6.07) is 13.4. The SMILES string of the molecule is CNC(=O)c1ccc(Nc2nc3ccc(C(=O)N(CCC(C)C)CCC(C)C)cc3n2CCCN2CCCCC2)cc1. The minimum absolute atomic E-state index is 0.0959. The van der Waals surface area contributed by atoms with E-state index in [2.05, 4.69) is 47.8 Å². The van der Waals surface area contributed by atoms with E-state index in [1.54, 1.807) is 7.05 Å². The third-order valence-corrected chi connectivity index (χ3v) is 8.17. The number of nitrogens with zero attached hydrogens (tertiary/aromatic N) is 4. The van der Waals surface area contributed by atoms with Gasteiger partial charge in [-0.05, 0) is 106 Å². The summed E-state index contributed by atoms with van der Waals surface area (Å²) in [5.74, 6) is 1.82. The second kappa shape index (κ2) is 15.2. The van der Waals surface area contributed by atoms with E-state index in [1.165, 1.54) is 32.4 Å². The van der Waals surface area contributed by atoms with Gasteiger partial charge in [0.15, 0.2) is 0 Å². The number of aromatic nitrogens is 2. The van der Waals surface area contributed by atoms with Crippen molar-refractivity contribution in [2.45, 2.75) is 72.8 Å². The maximum Gasteiger partial charge on any atom is 0.253 e. The van der Waals surface area contributed by atoms with Crippen LogP contribution in [-0.4, -0.2) is 70.9 Å². The number of nitrogens with one attached hydrogen (secondary N) is 2. The highest BCUT2D eigenvalue weighted by atomic mass is 16.2. The average molecular weight is 575 g/mol. The Labute approximate surface area is 251 Å². The number of carbonyl (C=O) groups is 2. The van der Waals surface area contributed by atoms with Gasteiger partial charge in [-0.25, -0.2) is 4.98 Å². The standard InChI is InChI=1S/C34H50N6O2/c1-25(2)16-22-39(23-17-26(3)4)33(42)28-12-15-30-31(24-28)40(21-9-20-38-18-7-6-8-19-38)34(37-30)36-29-13-10-27(11-14-29)32(41)35-5/h10-15,24-26H,6-9,16-23H2,1-5H3,(H,35,41)(H,36,37). The van der Waals surface area contributed by atoms with Gasteiger partial charge in [-0.1, -0.05) is 34.1 Å². The second-order valence-electron chi connectivity index (χ2n) is 12.5. The molecule has 1 aliphatic rings. The molecule has 0 atom stereocenters. The molecule has 1 aromatic heterocycles. The lowest BCUT2D eigenvalue weighted by molar-refractivity contribution is 0.0740. The lowest BCUT2D eigenvalue weighted by Gasteiger charge is -2.26. The zero-order valence-corrected chi connectivity index (χ0v) is 26.3. The van der Waals surface area contributed by atoms with E-state index >= 15 is 0 Å². The van der Waals surface area contributed by atoms with Crippen LogP contribution in [0.25, 0.3) is 11.0 Å². The molecule has 1 aliphatic heterocycles. The van der Waals surface area contributed by atoms with Gasteiger partial charge in [-0.2, -0.15) is 0 Å². The van der Waals surface area contributed by atoms with Crippen LogP contribution in [0.1, 0.15) is 86.9 Å². The van der Waals surface area contributed by atoms with Crippen molar-refractivity contribution in [3.63, 3.8) is 0 Å². The molecule has 228 valence electrons. The molecule has 8 nitrogen and oxygen atoms in total. The minimum atomic E-state index is -0.112. The molecule has 0 bridgehead atoms. The van der Waals surface area contributed by atoms with E-state index in [9.17, 15) is 9.59 Å². The molecule has 2 heterocycles. The predicted molar refractivity (Wildman–Crippen MR) is 173 cm³/mol. The van der Waals surface area contributed by atoms with Crippen molar-refractivity contribution in [3.05, 3.63) is 53.6 Å². The molecule has 4 rings (SSSR count). The van der Waals surface area contributed by atoms with Gasteiger partial charge in [0.2, 0.25) is 5.95 Å². The van der Waals surface area contributed by atoms with Gasteiger partial charge in [0.1, 0.15) is 0 Å². The highest BCUT2D eigenvalue weighted by Gasteiger charge is 2.20. The number of carbonyl (C=O) groups excluding carboxylic acids is 2. The molecule has 2 amide bonds. The smallest absolute Gasteiger partial charge is 0.253 e. The molecular formula is C34H50N6O2. The fraction of sp³-hybridized carbons (Fsp3) is 0.559. The van der Waals surface area contributed by atoms with Crippen molar-refractivity contribution < 1.29 is 9.59 Å². The molecule has 0 aliphatic carbocycles. The third kappa shape index (κ3) is 8.57. The van der Waals surface area contributed by atoms with E-state index in [-0.39, 0.29) is 11.8 Å². The number of benzene rings is 2. The molecule has 1 fully saturated rings. The summed E-state index contributed by atoms with van der Waals surface area (Å²) in [6.07, 6.45) is 6.88. The first-order chi connectivity index (χ1) is 20.2. The van der Waals surface area contributed by atoms with Crippen molar-refractivity contribution in [2.24, 2.45) is 11.8 Å². The summed E-state index contributed by atoms with van der Waals surface area (Å²) in [7, 11) is 1.63. The predicted octanol–water partition coefficient (Wildman–Crippen LogP) is 6.55. The van der Waals surface area contributed by atoms with Crippen LogP contribution in [0.2, 0.25) is 0 Å². The quantitative estimate of drug-likeness (QED) is 0.228. The molecule has 0 saturated carbocycles. The van der Waals surface area contributed by atoms with Gasteiger partial charge in [-0.15, -0.1) is 0 Å². The molecule has 3 aromatic rings. The Morgan fingerprint density at radius 2 is 1.52 bits per heavy atom. The summed E-state index contributed by atoms with van der Waals surface area (Å²) in [6.45, 7) is 14.6. The highest BCUT2D eigenvalue weighted by Crippen LogP contribution is 2.26. The van der Waals surface area contributed by atoms with Crippen LogP contribution in [-0.2, 0) is 6.54 Å². The molecule has 8 heteroatoms. The fourth-order valence-electron chi connectivity index (χ4n) is 5.52. The van der Waals surface area contributed by atoms with Gasteiger partial charge in [0.25, 0.3) is 11.8 Å². The molecule has 0 radical (unpaired) electrons. The molecular weight excluding hydrogens is 524 g/mol. The first kappa shape index (κ1) is 31.5. The van der Waals surface area contributed by atoms with Crippen LogP contribution < -0.4 is 10.6 Å². The van der Waals surface area contributed by atoms with Crippen LogP contribution in [0.15, 0.2) is 42.5 Å². The van der Waals surface area contributed by atoms with Crippen LogP contribution in [0, 0.1) is 11.8 Å². The Morgan fingerprint density at radius 1 is 0.881 bits per heavy atom. The summed E-state index contributed by atoms with van der Waals surface area (Å²) in [4.78, 5) is 35.3. The number of anilines is 2. The number of fused-ring (bicyclic) bond motifs is 1. The van der Waals surface area contributed by atoms with E-state index in [1.807, 2.05) is 47.4 Å². The summed E-state index contributed by atoms with van der Waals surface area (Å²) in [5.41, 5.74) is 4.02. The zero-order valence-electron chi connectivity index (χ0n) is 26.3. The Bertz CT molecular complexity index is 1300. The highest BCUT2D eigenvalue weighted by molar-refractivity contribution is 5.98. The monoisotopic (exact) mass is 574 g/mol. The normalized spacial score (nSPS) is 14.1. The van der Waals surface area contributed by atoms with Crippen molar-refractivity contribution >= 4 is 34.5 Å². The first-order valence-corrected chi connectivity index (χ1v) is 15.9. The lowest BCUT2D eigenvalue weighted by atomic mass is 10.1. The topological polar surface area (TPSA) is 82.5 Å². The van der Waals surface area contributed by atoms with E-state index in [0.717, 1.165) is 68.1 Å². The van der Waals surface area contributed by atoms with Crippen LogP contribution in [0.3, 0.4) is 0 Å². The number of hydrogen-bond donors (Lipinski definition) is 2. The Balaban J connectivity index is 1.61. The van der Waals surface area contributed by atoms with Crippen LogP contribution >= 0.6 is 0 Å². The van der Waals surface area contributed by atoms with Crippen LogP contribution in [0.4, 0.5) is 11.6 Å². The number of amides is 2. The molecule has 0 spiro atoms. The molecule has 0 unspecified atom stereocenters. The number of hydrogen-bond acceptors (Lipinski definition) is 5. The van der Waals surface area contributed by atoms with Gasteiger partial charge in [0, 0.05) is 43.5 Å². The Hall–Kier alpha value is -3.39. The molecule has 42 heavy (non-hydrogen) atoms. The summed E-state index contributed by atoms with van der Waals surface area (Å²) < 4.78 is 2.22. The van der Waals surface area contributed by atoms with Crippen LogP contribution in [0.5, 0.6) is 0 Å². The van der Waals surface area contributed by atoms with Crippen molar-refractivity contribution in [1.82, 2.24) is 24.7 Å². The van der Waals surface area contributed by atoms with Crippen molar-refractivity contribution in [3.8, 4) is 0 Å². The number of aryl methyl sites for hydroxylation is 1. The van der Waals surface area contributed by atoms with Gasteiger partial charge in [-0.3, -0.25) is 9.59 Å². The van der Waals surface area contributed by atoms with E-state index < -0.39 is 0 Å². The Kier molecular flexibility index (Phi) is 11.4.